The standard InChI is InChI=1S/C13H16ClNO2S/c1-17-8-9-18-12-6-7-15(13(12)16)11-4-2-10(14)3-5-11/h2-5,12H,6-9H2,1H3/t12-/m1/s1. The maximum Gasteiger partial charge on any atom is 0.240 e. The second-order valence-electron chi connectivity index (χ2n) is 4.11. The van der Waals surface area contributed by atoms with E-state index in [1.54, 1.807) is 18.9 Å². The largest absolute Gasteiger partial charge is 0.384 e. The topological polar surface area (TPSA) is 29.5 Å². The molecule has 5 heteroatoms. The van der Waals surface area contributed by atoms with E-state index < -0.39 is 0 Å². The normalized spacial score (nSPS) is 19.6. The van der Waals surface area contributed by atoms with Gasteiger partial charge in [-0.15, -0.1) is 11.8 Å². The second-order valence-corrected chi connectivity index (χ2v) is 5.85. The molecule has 1 aliphatic rings. The average Bonchev–Trinajstić information content (AvgIpc) is 2.73. The summed E-state index contributed by atoms with van der Waals surface area (Å²) in [5.41, 5.74) is 0.930. The first-order valence-corrected chi connectivity index (χ1v) is 7.32. The number of hydrogen-bond acceptors (Lipinski definition) is 3. The van der Waals surface area contributed by atoms with Crippen molar-refractivity contribution < 1.29 is 9.53 Å². The third kappa shape index (κ3) is 3.19. The number of rotatable bonds is 5. The molecule has 0 saturated carbocycles. The first-order chi connectivity index (χ1) is 8.72. The Morgan fingerprint density at radius 2 is 2.17 bits per heavy atom. The van der Waals surface area contributed by atoms with Crippen molar-refractivity contribution in [2.45, 2.75) is 11.7 Å². The molecule has 0 aromatic heterocycles. The zero-order valence-electron chi connectivity index (χ0n) is 10.3. The van der Waals surface area contributed by atoms with Gasteiger partial charge in [0.1, 0.15) is 0 Å². The van der Waals surface area contributed by atoms with E-state index in [2.05, 4.69) is 0 Å². The molecule has 1 atom stereocenters. The van der Waals surface area contributed by atoms with E-state index in [1.807, 2.05) is 29.2 Å². The molecule has 18 heavy (non-hydrogen) atoms. The summed E-state index contributed by atoms with van der Waals surface area (Å²) in [6.45, 7) is 1.47. The Morgan fingerprint density at radius 3 is 2.83 bits per heavy atom. The third-order valence-corrected chi connectivity index (χ3v) is 4.40. The molecule has 1 aromatic carbocycles. The number of ether oxygens (including phenoxy) is 1. The number of carbonyl (C=O) groups excluding carboxylic acids is 1. The van der Waals surface area contributed by atoms with Gasteiger partial charge in [0.15, 0.2) is 0 Å². The summed E-state index contributed by atoms with van der Waals surface area (Å²) in [6.07, 6.45) is 0.899. The molecule has 1 amide bonds. The van der Waals surface area contributed by atoms with Gasteiger partial charge in [0.2, 0.25) is 5.91 Å². The number of amides is 1. The molecule has 98 valence electrons. The van der Waals surface area contributed by atoms with Gasteiger partial charge in [-0.2, -0.15) is 0 Å². The summed E-state index contributed by atoms with van der Waals surface area (Å²) >= 11 is 7.52. The van der Waals surface area contributed by atoms with Gasteiger partial charge in [0, 0.05) is 30.1 Å². The van der Waals surface area contributed by atoms with Crippen LogP contribution < -0.4 is 4.90 Å². The monoisotopic (exact) mass is 285 g/mol. The Balaban J connectivity index is 1.96. The minimum Gasteiger partial charge on any atom is -0.384 e. The number of carbonyl (C=O) groups is 1. The van der Waals surface area contributed by atoms with Crippen molar-refractivity contribution in [3.63, 3.8) is 0 Å². The van der Waals surface area contributed by atoms with Gasteiger partial charge in [-0.1, -0.05) is 11.6 Å². The van der Waals surface area contributed by atoms with E-state index in [1.165, 1.54) is 0 Å². The number of nitrogens with zero attached hydrogens (tertiary/aromatic N) is 1. The van der Waals surface area contributed by atoms with Crippen LogP contribution in [0, 0.1) is 0 Å². The Bertz CT molecular complexity index is 410. The highest BCUT2D eigenvalue weighted by Gasteiger charge is 2.32. The minimum atomic E-state index is 0.0656. The average molecular weight is 286 g/mol. The zero-order chi connectivity index (χ0) is 13.0. The highest BCUT2D eigenvalue weighted by molar-refractivity contribution is 8.00. The fraction of sp³-hybridized carbons (Fsp3) is 0.462. The van der Waals surface area contributed by atoms with Crippen LogP contribution in [-0.2, 0) is 9.53 Å². The number of hydrogen-bond donors (Lipinski definition) is 0. The number of halogens is 1. The summed E-state index contributed by atoms with van der Waals surface area (Å²) in [5, 5.41) is 0.757. The van der Waals surface area contributed by atoms with Crippen LogP contribution >= 0.6 is 23.4 Å². The smallest absolute Gasteiger partial charge is 0.240 e. The molecule has 3 nitrogen and oxygen atoms in total. The molecular formula is C13H16ClNO2S. The van der Waals surface area contributed by atoms with Crippen molar-refractivity contribution >= 4 is 35.0 Å². The summed E-state index contributed by atoms with van der Waals surface area (Å²) in [7, 11) is 1.68. The van der Waals surface area contributed by atoms with Gasteiger partial charge < -0.3 is 9.64 Å². The number of anilines is 1. The first-order valence-electron chi connectivity index (χ1n) is 5.90. The fourth-order valence-electron chi connectivity index (χ4n) is 1.96. The minimum absolute atomic E-state index is 0.0656. The van der Waals surface area contributed by atoms with E-state index in [0.717, 1.165) is 24.4 Å². The van der Waals surface area contributed by atoms with E-state index in [0.29, 0.717) is 11.6 Å². The quantitative estimate of drug-likeness (QED) is 0.779. The Kier molecular flexibility index (Phi) is 4.92. The maximum absolute atomic E-state index is 12.2. The molecule has 0 N–H and O–H groups in total. The van der Waals surface area contributed by atoms with E-state index in [4.69, 9.17) is 16.3 Å². The van der Waals surface area contributed by atoms with Gasteiger partial charge in [0.25, 0.3) is 0 Å². The molecule has 0 bridgehead atoms. The van der Waals surface area contributed by atoms with E-state index in [-0.39, 0.29) is 11.2 Å². The van der Waals surface area contributed by atoms with Gasteiger partial charge in [-0.05, 0) is 30.7 Å². The van der Waals surface area contributed by atoms with Crippen molar-refractivity contribution in [2.75, 3.05) is 30.9 Å². The molecule has 1 aromatic rings. The van der Waals surface area contributed by atoms with Gasteiger partial charge in [-0.3, -0.25) is 4.79 Å². The SMILES string of the molecule is COCCS[C@@H]1CCN(c2ccc(Cl)cc2)C1=O. The highest BCUT2D eigenvalue weighted by Crippen LogP contribution is 2.29. The van der Waals surface area contributed by atoms with Crippen LogP contribution in [-0.4, -0.2) is 37.2 Å². The lowest BCUT2D eigenvalue weighted by Gasteiger charge is -2.16. The van der Waals surface area contributed by atoms with Crippen molar-refractivity contribution in [3.8, 4) is 0 Å². The van der Waals surface area contributed by atoms with Crippen LogP contribution in [0.15, 0.2) is 24.3 Å². The summed E-state index contributed by atoms with van der Waals surface area (Å²) in [4.78, 5) is 14.1. The van der Waals surface area contributed by atoms with Crippen LogP contribution in [0.2, 0.25) is 5.02 Å². The molecule has 0 radical (unpaired) electrons. The Hall–Kier alpha value is -0.710. The van der Waals surface area contributed by atoms with Gasteiger partial charge in [-0.25, -0.2) is 0 Å². The number of methoxy groups -OCH3 is 1. The van der Waals surface area contributed by atoms with Crippen molar-refractivity contribution in [1.29, 1.82) is 0 Å². The van der Waals surface area contributed by atoms with Crippen LogP contribution in [0.5, 0.6) is 0 Å². The molecular weight excluding hydrogens is 270 g/mol. The Labute approximate surface area is 116 Å². The lowest BCUT2D eigenvalue weighted by atomic mass is 10.3. The van der Waals surface area contributed by atoms with Gasteiger partial charge in [0.05, 0.1) is 11.9 Å². The molecule has 1 heterocycles. The first kappa shape index (κ1) is 13.7. The molecule has 1 fully saturated rings. The summed E-state index contributed by atoms with van der Waals surface area (Å²) < 4.78 is 5.00. The van der Waals surface area contributed by atoms with E-state index in [9.17, 15) is 4.79 Å². The summed E-state index contributed by atoms with van der Waals surface area (Å²) in [5.74, 6) is 1.06. The van der Waals surface area contributed by atoms with Crippen LogP contribution in [0.1, 0.15) is 6.42 Å². The third-order valence-electron chi connectivity index (χ3n) is 2.90. The van der Waals surface area contributed by atoms with E-state index >= 15 is 0 Å². The van der Waals surface area contributed by atoms with Crippen LogP contribution in [0.3, 0.4) is 0 Å². The molecule has 2 rings (SSSR count). The molecule has 0 aliphatic carbocycles. The zero-order valence-corrected chi connectivity index (χ0v) is 11.8. The van der Waals surface area contributed by atoms with Gasteiger partial charge >= 0.3 is 0 Å². The molecule has 0 spiro atoms. The van der Waals surface area contributed by atoms with Crippen LogP contribution in [0.25, 0.3) is 0 Å². The molecule has 1 saturated heterocycles. The lowest BCUT2D eigenvalue weighted by molar-refractivity contribution is -0.116. The van der Waals surface area contributed by atoms with Crippen molar-refractivity contribution in [1.82, 2.24) is 0 Å². The summed E-state index contributed by atoms with van der Waals surface area (Å²) in [6, 6.07) is 7.41. The molecule has 1 aliphatic heterocycles. The fourth-order valence-corrected chi connectivity index (χ4v) is 3.17. The molecule has 0 unspecified atom stereocenters. The Morgan fingerprint density at radius 1 is 1.44 bits per heavy atom. The predicted octanol–water partition coefficient (Wildman–Crippen LogP) is 2.82. The van der Waals surface area contributed by atoms with Crippen LogP contribution in [0.4, 0.5) is 5.69 Å². The number of benzene rings is 1. The highest BCUT2D eigenvalue weighted by atomic mass is 35.5. The lowest BCUT2D eigenvalue weighted by Crippen LogP contribution is -2.28. The number of thioether (sulfide) groups is 1. The van der Waals surface area contributed by atoms with Crippen molar-refractivity contribution in [2.24, 2.45) is 0 Å². The predicted molar refractivity (Wildman–Crippen MR) is 76.5 cm³/mol. The van der Waals surface area contributed by atoms with Crippen molar-refractivity contribution in [3.05, 3.63) is 29.3 Å². The second kappa shape index (κ2) is 6.45. The maximum atomic E-state index is 12.2.